The van der Waals surface area contributed by atoms with Crippen LogP contribution in [-0.2, 0) is 10.0 Å². The Labute approximate surface area is 137 Å². The van der Waals surface area contributed by atoms with Gasteiger partial charge in [0.05, 0.1) is 6.26 Å². The summed E-state index contributed by atoms with van der Waals surface area (Å²) in [7, 11) is -3.36. The lowest BCUT2D eigenvalue weighted by Crippen LogP contribution is -2.43. The van der Waals surface area contributed by atoms with Gasteiger partial charge < -0.3 is 9.84 Å². The Morgan fingerprint density at radius 3 is 2.43 bits per heavy atom. The van der Waals surface area contributed by atoms with E-state index >= 15 is 0 Å². The van der Waals surface area contributed by atoms with Crippen LogP contribution in [0.15, 0.2) is 42.5 Å². The number of aliphatic hydroxyl groups excluding tert-OH is 1. The predicted octanol–water partition coefficient (Wildman–Crippen LogP) is 2.25. The lowest BCUT2D eigenvalue weighted by Gasteiger charge is -2.26. The Morgan fingerprint density at radius 1 is 1.13 bits per heavy atom. The molecule has 2 aromatic carbocycles. The highest BCUT2D eigenvalue weighted by molar-refractivity contribution is 7.88. The zero-order valence-corrected chi connectivity index (χ0v) is 14.5. The molecule has 0 amide bonds. The minimum Gasteiger partial charge on any atom is -0.490 e. The van der Waals surface area contributed by atoms with Crippen LogP contribution in [0, 0.1) is 0 Å². The lowest BCUT2D eigenvalue weighted by atomic mass is 10.1. The fourth-order valence-corrected chi connectivity index (χ4v) is 3.71. The molecular weight excluding hydrogens is 314 g/mol. The second-order valence-corrected chi connectivity index (χ2v) is 7.80. The van der Waals surface area contributed by atoms with Crippen LogP contribution in [-0.4, -0.2) is 49.4 Å². The molecule has 0 fully saturated rings. The van der Waals surface area contributed by atoms with E-state index < -0.39 is 16.1 Å². The number of hydrogen-bond donors (Lipinski definition) is 1. The van der Waals surface area contributed by atoms with Crippen LogP contribution in [0.25, 0.3) is 10.8 Å². The number of benzene rings is 2. The molecule has 0 heterocycles. The third-order valence-electron chi connectivity index (χ3n) is 3.57. The first-order chi connectivity index (χ1) is 10.8. The molecule has 0 aliphatic carbocycles. The van der Waals surface area contributed by atoms with E-state index in [2.05, 4.69) is 0 Å². The third-order valence-corrected chi connectivity index (χ3v) is 5.00. The molecule has 0 spiro atoms. The highest BCUT2D eigenvalue weighted by Gasteiger charge is 2.23. The Morgan fingerprint density at radius 2 is 1.78 bits per heavy atom. The smallest absolute Gasteiger partial charge is 0.211 e. The molecule has 0 radical (unpaired) electrons. The van der Waals surface area contributed by atoms with Crippen LogP contribution >= 0.6 is 0 Å². The van der Waals surface area contributed by atoms with Gasteiger partial charge in [-0.05, 0) is 25.3 Å². The maximum absolute atomic E-state index is 11.7. The summed E-state index contributed by atoms with van der Waals surface area (Å²) in [5.74, 6) is 0.678. The highest BCUT2D eigenvalue weighted by atomic mass is 32.2. The molecule has 23 heavy (non-hydrogen) atoms. The van der Waals surface area contributed by atoms with Crippen molar-refractivity contribution >= 4 is 20.8 Å². The van der Waals surface area contributed by atoms with E-state index in [1.165, 1.54) is 4.31 Å². The van der Waals surface area contributed by atoms with Crippen molar-refractivity contribution in [2.45, 2.75) is 26.0 Å². The number of sulfonamides is 1. The van der Waals surface area contributed by atoms with Gasteiger partial charge in [0.25, 0.3) is 0 Å². The van der Waals surface area contributed by atoms with Crippen LogP contribution in [0.5, 0.6) is 5.75 Å². The van der Waals surface area contributed by atoms with Gasteiger partial charge in [0.15, 0.2) is 0 Å². The van der Waals surface area contributed by atoms with E-state index in [-0.39, 0.29) is 19.2 Å². The maximum Gasteiger partial charge on any atom is 0.211 e. The number of rotatable bonds is 7. The second-order valence-electron chi connectivity index (χ2n) is 5.87. The molecule has 0 aliphatic heterocycles. The molecule has 1 N–H and O–H groups in total. The number of aliphatic hydroxyl groups is 1. The van der Waals surface area contributed by atoms with E-state index in [9.17, 15) is 13.5 Å². The number of fused-ring (bicyclic) bond motifs is 1. The molecule has 5 nitrogen and oxygen atoms in total. The van der Waals surface area contributed by atoms with Gasteiger partial charge in [0.1, 0.15) is 18.5 Å². The molecule has 2 rings (SSSR count). The van der Waals surface area contributed by atoms with Gasteiger partial charge >= 0.3 is 0 Å². The SMILES string of the molecule is CC(C)N(C[C@@H](O)COc1cccc2ccccc12)S(C)(=O)=O. The molecular formula is C17H23NO4S. The van der Waals surface area contributed by atoms with Crippen molar-refractivity contribution in [3.63, 3.8) is 0 Å². The van der Waals surface area contributed by atoms with Gasteiger partial charge in [-0.2, -0.15) is 4.31 Å². The van der Waals surface area contributed by atoms with E-state index in [0.717, 1.165) is 17.0 Å². The van der Waals surface area contributed by atoms with Crippen molar-refractivity contribution in [2.24, 2.45) is 0 Å². The van der Waals surface area contributed by atoms with Gasteiger partial charge in [0, 0.05) is 18.0 Å². The van der Waals surface area contributed by atoms with Gasteiger partial charge in [0.2, 0.25) is 10.0 Å². The van der Waals surface area contributed by atoms with E-state index in [1.807, 2.05) is 42.5 Å². The van der Waals surface area contributed by atoms with Crippen molar-refractivity contribution in [2.75, 3.05) is 19.4 Å². The molecule has 1 atom stereocenters. The first kappa shape index (κ1) is 17.7. The van der Waals surface area contributed by atoms with E-state index in [4.69, 9.17) is 4.74 Å². The average molecular weight is 337 g/mol. The molecule has 0 saturated carbocycles. The second kappa shape index (κ2) is 7.29. The zero-order chi connectivity index (χ0) is 17.0. The lowest BCUT2D eigenvalue weighted by molar-refractivity contribution is 0.0848. The summed E-state index contributed by atoms with van der Waals surface area (Å²) >= 11 is 0. The number of hydrogen-bond acceptors (Lipinski definition) is 4. The topological polar surface area (TPSA) is 66.8 Å². The highest BCUT2D eigenvalue weighted by Crippen LogP contribution is 2.25. The fraction of sp³-hybridized carbons (Fsp3) is 0.412. The minimum absolute atomic E-state index is 0.0151. The largest absolute Gasteiger partial charge is 0.490 e. The summed E-state index contributed by atoms with van der Waals surface area (Å²) in [4.78, 5) is 0. The summed E-state index contributed by atoms with van der Waals surface area (Å²) in [6.45, 7) is 3.60. The normalized spacial score (nSPS) is 13.7. The minimum atomic E-state index is -3.36. The van der Waals surface area contributed by atoms with Crippen LogP contribution < -0.4 is 4.74 Å². The van der Waals surface area contributed by atoms with Crippen molar-refractivity contribution in [1.29, 1.82) is 0 Å². The van der Waals surface area contributed by atoms with Crippen LogP contribution in [0.1, 0.15) is 13.8 Å². The standard InChI is InChI=1S/C17H23NO4S/c1-13(2)18(23(3,20)21)11-15(19)12-22-17-10-6-8-14-7-4-5-9-16(14)17/h4-10,13,15,19H,11-12H2,1-3H3/t15-/m1/s1. The molecule has 0 unspecified atom stereocenters. The van der Waals surface area contributed by atoms with Crippen molar-refractivity contribution in [1.82, 2.24) is 4.31 Å². The van der Waals surface area contributed by atoms with Gasteiger partial charge in [-0.15, -0.1) is 0 Å². The summed E-state index contributed by atoms with van der Waals surface area (Å²) in [6, 6.07) is 13.3. The summed E-state index contributed by atoms with van der Waals surface area (Å²) in [5.41, 5.74) is 0. The van der Waals surface area contributed by atoms with E-state index in [1.54, 1.807) is 13.8 Å². The molecule has 2 aromatic rings. The summed E-state index contributed by atoms with van der Waals surface area (Å²) < 4.78 is 30.4. The quantitative estimate of drug-likeness (QED) is 0.841. The van der Waals surface area contributed by atoms with Gasteiger partial charge in [-0.25, -0.2) is 8.42 Å². The van der Waals surface area contributed by atoms with Crippen LogP contribution in [0.2, 0.25) is 0 Å². The van der Waals surface area contributed by atoms with Crippen molar-refractivity contribution in [3.8, 4) is 5.75 Å². The monoisotopic (exact) mass is 337 g/mol. The summed E-state index contributed by atoms with van der Waals surface area (Å²) in [5, 5.41) is 12.2. The Hall–Kier alpha value is -1.63. The van der Waals surface area contributed by atoms with Gasteiger partial charge in [-0.1, -0.05) is 36.4 Å². The molecule has 126 valence electrons. The third kappa shape index (κ3) is 4.67. The predicted molar refractivity (Wildman–Crippen MR) is 92.1 cm³/mol. The van der Waals surface area contributed by atoms with Crippen LogP contribution in [0.4, 0.5) is 0 Å². The first-order valence-corrected chi connectivity index (χ1v) is 9.39. The summed E-state index contributed by atoms with van der Waals surface area (Å²) in [6.07, 6.45) is 0.247. The number of ether oxygens (including phenoxy) is 1. The Balaban J connectivity index is 2.05. The van der Waals surface area contributed by atoms with Gasteiger partial charge in [-0.3, -0.25) is 0 Å². The first-order valence-electron chi connectivity index (χ1n) is 7.54. The molecule has 6 heteroatoms. The molecule has 0 bridgehead atoms. The zero-order valence-electron chi connectivity index (χ0n) is 13.6. The van der Waals surface area contributed by atoms with Crippen molar-refractivity contribution < 1.29 is 18.3 Å². The fourth-order valence-electron chi connectivity index (χ4n) is 2.50. The average Bonchev–Trinajstić information content (AvgIpc) is 2.49. The maximum atomic E-state index is 11.7. The molecule has 0 saturated heterocycles. The Kier molecular flexibility index (Phi) is 5.62. The van der Waals surface area contributed by atoms with Crippen LogP contribution in [0.3, 0.4) is 0 Å². The molecule has 0 aliphatic rings. The van der Waals surface area contributed by atoms with Crippen molar-refractivity contribution in [3.05, 3.63) is 42.5 Å². The molecule has 0 aromatic heterocycles. The number of nitrogens with zero attached hydrogens (tertiary/aromatic N) is 1. The van der Waals surface area contributed by atoms with E-state index in [0.29, 0.717) is 5.75 Å². The Bertz CT molecular complexity index is 753.